The number of hydrogen-bond donors (Lipinski definition) is 3. The second-order valence-electron chi connectivity index (χ2n) is 3.97. The van der Waals surface area contributed by atoms with Crippen LogP contribution in [-0.4, -0.2) is 36.6 Å². The van der Waals surface area contributed by atoms with Crippen molar-refractivity contribution >= 4 is 23.3 Å². The molecule has 4 N–H and O–H groups in total. The van der Waals surface area contributed by atoms with E-state index in [0.717, 1.165) is 12.1 Å². The Morgan fingerprint density at radius 3 is 2.83 bits per heavy atom. The van der Waals surface area contributed by atoms with Crippen LogP contribution in [0.4, 0.5) is 15.8 Å². The van der Waals surface area contributed by atoms with Crippen LogP contribution in [0.15, 0.2) is 12.1 Å². The Hall–Kier alpha value is -2.31. The van der Waals surface area contributed by atoms with E-state index in [1.54, 1.807) is 0 Å². The third-order valence-corrected chi connectivity index (χ3v) is 2.73. The maximum atomic E-state index is 13.8. The van der Waals surface area contributed by atoms with Crippen molar-refractivity contribution in [2.24, 2.45) is 0 Å². The van der Waals surface area contributed by atoms with E-state index < -0.39 is 11.8 Å². The minimum absolute atomic E-state index is 0.000102. The standard InChI is InChI=1S/C11H12FN3O3/c12-7-4-8(13)6(11(17)18)3-9(7)15-2-1-14-10(16)5-15/h3-4H,1-2,5,13H2,(H,14,16)(H,17,18). The smallest absolute Gasteiger partial charge is 0.337 e. The van der Waals surface area contributed by atoms with Crippen LogP contribution in [0.25, 0.3) is 0 Å². The van der Waals surface area contributed by atoms with E-state index in [1.165, 1.54) is 4.90 Å². The zero-order chi connectivity index (χ0) is 13.3. The number of aromatic carboxylic acids is 1. The summed E-state index contributed by atoms with van der Waals surface area (Å²) in [7, 11) is 0. The summed E-state index contributed by atoms with van der Waals surface area (Å²) in [4.78, 5) is 23.6. The Morgan fingerprint density at radius 2 is 2.22 bits per heavy atom. The number of carboxylic acids is 1. The van der Waals surface area contributed by atoms with Gasteiger partial charge in [0.15, 0.2) is 0 Å². The number of carboxylic acid groups (broad SMARTS) is 1. The summed E-state index contributed by atoms with van der Waals surface area (Å²) in [6.07, 6.45) is 0. The SMILES string of the molecule is Nc1cc(F)c(N2CCNC(=O)C2)cc1C(=O)O. The molecular formula is C11H12FN3O3. The van der Waals surface area contributed by atoms with Crippen LogP contribution >= 0.6 is 0 Å². The van der Waals surface area contributed by atoms with E-state index in [9.17, 15) is 14.0 Å². The summed E-state index contributed by atoms with van der Waals surface area (Å²) in [5.74, 6) is -2.09. The number of nitrogens with zero attached hydrogens (tertiary/aromatic N) is 1. The van der Waals surface area contributed by atoms with Gasteiger partial charge in [-0.2, -0.15) is 0 Å². The first-order valence-corrected chi connectivity index (χ1v) is 5.33. The number of nitrogens with two attached hydrogens (primary N) is 1. The molecule has 1 saturated heterocycles. The zero-order valence-electron chi connectivity index (χ0n) is 9.44. The van der Waals surface area contributed by atoms with Gasteiger partial charge in [-0.25, -0.2) is 9.18 Å². The van der Waals surface area contributed by atoms with Crippen LogP contribution in [0, 0.1) is 5.82 Å². The van der Waals surface area contributed by atoms with Crippen LogP contribution in [0.1, 0.15) is 10.4 Å². The number of nitrogens with one attached hydrogen (secondary N) is 1. The number of anilines is 2. The molecule has 1 aromatic rings. The molecule has 0 aliphatic carbocycles. The average Bonchev–Trinajstić information content (AvgIpc) is 2.28. The molecule has 0 aromatic heterocycles. The normalized spacial score (nSPS) is 15.4. The molecule has 96 valence electrons. The molecule has 0 bridgehead atoms. The van der Waals surface area contributed by atoms with Crippen molar-refractivity contribution in [3.8, 4) is 0 Å². The number of nitrogen functional groups attached to an aromatic ring is 1. The molecule has 1 amide bonds. The van der Waals surface area contributed by atoms with E-state index in [-0.39, 0.29) is 29.4 Å². The van der Waals surface area contributed by atoms with Crippen LogP contribution in [0.3, 0.4) is 0 Å². The first-order chi connectivity index (χ1) is 8.49. The lowest BCUT2D eigenvalue weighted by Crippen LogP contribution is -2.48. The Balaban J connectivity index is 2.40. The van der Waals surface area contributed by atoms with Gasteiger partial charge in [-0.1, -0.05) is 0 Å². The third-order valence-electron chi connectivity index (χ3n) is 2.73. The molecule has 2 rings (SSSR count). The minimum atomic E-state index is -1.23. The number of rotatable bonds is 2. The molecule has 0 atom stereocenters. The summed E-state index contributed by atoms with van der Waals surface area (Å²) < 4.78 is 13.8. The summed E-state index contributed by atoms with van der Waals surface area (Å²) in [5, 5.41) is 11.5. The number of carbonyl (C=O) groups excluding carboxylic acids is 1. The first-order valence-electron chi connectivity index (χ1n) is 5.33. The van der Waals surface area contributed by atoms with Gasteiger partial charge in [0.25, 0.3) is 0 Å². The van der Waals surface area contributed by atoms with Gasteiger partial charge in [0.05, 0.1) is 17.8 Å². The van der Waals surface area contributed by atoms with E-state index in [2.05, 4.69) is 5.32 Å². The molecule has 1 fully saturated rings. The van der Waals surface area contributed by atoms with Gasteiger partial charge in [0, 0.05) is 18.8 Å². The quantitative estimate of drug-likeness (QED) is 0.647. The van der Waals surface area contributed by atoms with Gasteiger partial charge < -0.3 is 21.1 Å². The highest BCUT2D eigenvalue weighted by Crippen LogP contribution is 2.26. The molecule has 1 aromatic carbocycles. The lowest BCUT2D eigenvalue weighted by Gasteiger charge is -2.29. The monoisotopic (exact) mass is 253 g/mol. The van der Waals surface area contributed by atoms with Gasteiger partial charge in [-0.05, 0) is 12.1 Å². The maximum absolute atomic E-state index is 13.8. The van der Waals surface area contributed by atoms with Crippen molar-refractivity contribution < 1.29 is 19.1 Å². The van der Waals surface area contributed by atoms with Gasteiger partial charge in [-0.15, -0.1) is 0 Å². The van der Waals surface area contributed by atoms with Crippen LogP contribution in [-0.2, 0) is 4.79 Å². The molecular weight excluding hydrogens is 241 g/mol. The van der Waals surface area contributed by atoms with Crippen LogP contribution < -0.4 is 16.0 Å². The highest BCUT2D eigenvalue weighted by Gasteiger charge is 2.22. The van der Waals surface area contributed by atoms with Crippen LogP contribution in [0.5, 0.6) is 0 Å². The zero-order valence-corrected chi connectivity index (χ0v) is 9.44. The fourth-order valence-electron chi connectivity index (χ4n) is 1.85. The number of carbonyl (C=O) groups is 2. The number of halogens is 1. The molecule has 0 radical (unpaired) electrons. The van der Waals surface area contributed by atoms with E-state index in [0.29, 0.717) is 13.1 Å². The Bertz CT molecular complexity index is 519. The van der Waals surface area contributed by atoms with Crippen molar-refractivity contribution in [1.29, 1.82) is 0 Å². The Kier molecular flexibility index (Phi) is 3.05. The molecule has 6 nitrogen and oxygen atoms in total. The predicted molar refractivity (Wildman–Crippen MR) is 63.0 cm³/mol. The molecule has 0 unspecified atom stereocenters. The molecule has 1 aliphatic heterocycles. The van der Waals surface area contributed by atoms with E-state index in [4.69, 9.17) is 10.8 Å². The summed E-state index contributed by atoms with van der Waals surface area (Å²) in [6.45, 7) is 0.816. The number of hydrogen-bond acceptors (Lipinski definition) is 4. The van der Waals surface area contributed by atoms with Gasteiger partial charge in [0.1, 0.15) is 5.82 Å². The molecule has 7 heteroatoms. The largest absolute Gasteiger partial charge is 0.478 e. The first kappa shape index (κ1) is 12.2. The van der Waals surface area contributed by atoms with Crippen molar-refractivity contribution in [2.45, 2.75) is 0 Å². The Labute approximate surface area is 102 Å². The van der Waals surface area contributed by atoms with Crippen molar-refractivity contribution in [1.82, 2.24) is 5.32 Å². The molecule has 1 heterocycles. The maximum Gasteiger partial charge on any atom is 0.337 e. The lowest BCUT2D eigenvalue weighted by atomic mass is 10.1. The summed E-state index contributed by atoms with van der Waals surface area (Å²) >= 11 is 0. The fourth-order valence-corrected chi connectivity index (χ4v) is 1.85. The molecule has 1 aliphatic rings. The number of amides is 1. The van der Waals surface area contributed by atoms with E-state index >= 15 is 0 Å². The lowest BCUT2D eigenvalue weighted by molar-refractivity contribution is -0.120. The number of piperazine rings is 1. The second kappa shape index (κ2) is 4.52. The number of benzene rings is 1. The minimum Gasteiger partial charge on any atom is -0.478 e. The predicted octanol–water partition coefficient (Wildman–Crippen LogP) is 0.0423. The molecule has 18 heavy (non-hydrogen) atoms. The van der Waals surface area contributed by atoms with Crippen LogP contribution in [0.2, 0.25) is 0 Å². The summed E-state index contributed by atoms with van der Waals surface area (Å²) in [5.41, 5.74) is 5.21. The molecule has 0 spiro atoms. The van der Waals surface area contributed by atoms with Gasteiger partial charge in [0.2, 0.25) is 5.91 Å². The summed E-state index contributed by atoms with van der Waals surface area (Å²) in [6, 6.07) is 2.12. The highest BCUT2D eigenvalue weighted by molar-refractivity contribution is 5.95. The fraction of sp³-hybridized carbons (Fsp3) is 0.273. The van der Waals surface area contributed by atoms with E-state index in [1.807, 2.05) is 0 Å². The topological polar surface area (TPSA) is 95.7 Å². The Morgan fingerprint density at radius 1 is 1.50 bits per heavy atom. The van der Waals surface area contributed by atoms with Gasteiger partial charge >= 0.3 is 5.97 Å². The van der Waals surface area contributed by atoms with Gasteiger partial charge in [-0.3, -0.25) is 4.79 Å². The van der Waals surface area contributed by atoms with Crippen molar-refractivity contribution in [2.75, 3.05) is 30.3 Å². The van der Waals surface area contributed by atoms with Crippen molar-refractivity contribution in [3.05, 3.63) is 23.5 Å². The average molecular weight is 253 g/mol. The third kappa shape index (κ3) is 2.20. The highest BCUT2D eigenvalue weighted by atomic mass is 19.1. The molecule has 0 saturated carbocycles. The second-order valence-corrected chi connectivity index (χ2v) is 3.97. The van der Waals surface area contributed by atoms with Crippen molar-refractivity contribution in [3.63, 3.8) is 0 Å².